The fraction of sp³-hybridized carbons (Fsp3) is 0.222. The quantitative estimate of drug-likeness (QED) is 0.841. The molecule has 0 fully saturated rings. The summed E-state index contributed by atoms with van der Waals surface area (Å²) in [5, 5.41) is 13.0. The Kier molecular flexibility index (Phi) is 3.55. The zero-order valence-electron chi connectivity index (χ0n) is 9.04. The molecule has 0 saturated carbocycles. The fourth-order valence-electron chi connectivity index (χ4n) is 1.21. The summed E-state index contributed by atoms with van der Waals surface area (Å²) < 4.78 is 3.55. The zero-order chi connectivity index (χ0) is 12.1. The van der Waals surface area contributed by atoms with Crippen molar-refractivity contribution in [2.24, 2.45) is 0 Å². The summed E-state index contributed by atoms with van der Waals surface area (Å²) in [7, 11) is 0. The summed E-state index contributed by atoms with van der Waals surface area (Å²) in [6, 6.07) is 3.47. The number of nitrogens with zero attached hydrogens (tertiary/aromatic N) is 4. The number of amides is 1. The first-order valence-corrected chi connectivity index (χ1v) is 5.73. The molecule has 2 aromatic heterocycles. The molecule has 2 heterocycles. The highest BCUT2D eigenvalue weighted by Crippen LogP contribution is 2.10. The number of anilines is 2. The molecule has 0 unspecified atom stereocenters. The second-order valence-corrected chi connectivity index (χ2v) is 3.81. The number of carbonyl (C=O) groups excluding carboxylic acids is 1. The van der Waals surface area contributed by atoms with Crippen LogP contribution in [0.25, 0.3) is 0 Å². The monoisotopic (exact) mass is 250 g/mol. The number of nitrogens with one attached hydrogen (secondary N) is 2. The van der Waals surface area contributed by atoms with E-state index in [2.05, 4.69) is 30.4 Å². The van der Waals surface area contributed by atoms with E-state index in [4.69, 9.17) is 0 Å². The van der Waals surface area contributed by atoms with E-state index in [-0.39, 0.29) is 5.91 Å². The molecule has 0 radical (unpaired) electrons. The number of hydrogen-bond donors (Lipinski definition) is 2. The summed E-state index contributed by atoms with van der Waals surface area (Å²) in [6.45, 7) is 2.76. The molecule has 0 bridgehead atoms. The van der Waals surface area contributed by atoms with E-state index in [0.717, 1.165) is 23.8 Å². The minimum Gasteiger partial charge on any atom is -0.385 e. The van der Waals surface area contributed by atoms with Gasteiger partial charge in [0.25, 0.3) is 5.91 Å². The van der Waals surface area contributed by atoms with Crippen molar-refractivity contribution in [2.75, 3.05) is 17.2 Å². The molecule has 0 aliphatic rings. The van der Waals surface area contributed by atoms with E-state index in [1.807, 2.05) is 6.92 Å². The standard InChI is InChI=1S/C9H10N6OS/c1-2-10-6-3-4-11-7(5-6)8(16)12-9-13-14-15-17-9/h3-5H,2H2,1H3,(H,10,11)(H,12,13,15,16). The summed E-state index contributed by atoms with van der Waals surface area (Å²) in [5.74, 6) is -0.330. The van der Waals surface area contributed by atoms with Crippen LogP contribution in [0.4, 0.5) is 10.8 Å². The topological polar surface area (TPSA) is 92.7 Å². The minimum atomic E-state index is -0.330. The Bertz CT molecular complexity index is 500. The van der Waals surface area contributed by atoms with Crippen molar-refractivity contribution in [1.29, 1.82) is 0 Å². The van der Waals surface area contributed by atoms with Gasteiger partial charge in [-0.3, -0.25) is 15.1 Å². The van der Waals surface area contributed by atoms with Gasteiger partial charge in [0.05, 0.1) is 0 Å². The first-order chi connectivity index (χ1) is 8.29. The van der Waals surface area contributed by atoms with Gasteiger partial charge in [-0.25, -0.2) is 0 Å². The first kappa shape index (κ1) is 11.4. The number of aromatic nitrogens is 4. The lowest BCUT2D eigenvalue weighted by atomic mass is 10.3. The summed E-state index contributed by atoms with van der Waals surface area (Å²) in [4.78, 5) is 15.8. The Labute approximate surface area is 101 Å². The molecule has 0 spiro atoms. The van der Waals surface area contributed by atoms with Gasteiger partial charge in [-0.15, -0.1) is 0 Å². The SMILES string of the molecule is CCNc1ccnc(C(=O)Nc2nnns2)c1. The van der Waals surface area contributed by atoms with Crippen LogP contribution in [0.1, 0.15) is 17.4 Å². The average Bonchev–Trinajstić information content (AvgIpc) is 2.83. The highest BCUT2D eigenvalue weighted by atomic mass is 32.1. The van der Waals surface area contributed by atoms with Crippen molar-refractivity contribution in [2.45, 2.75) is 6.92 Å². The third-order valence-corrected chi connectivity index (χ3v) is 2.40. The van der Waals surface area contributed by atoms with Gasteiger partial charge in [0.1, 0.15) is 5.69 Å². The van der Waals surface area contributed by atoms with Gasteiger partial charge in [0.15, 0.2) is 0 Å². The second kappa shape index (κ2) is 5.30. The van der Waals surface area contributed by atoms with Crippen LogP contribution in [0, 0.1) is 0 Å². The third-order valence-electron chi connectivity index (χ3n) is 1.89. The number of pyridine rings is 1. The van der Waals surface area contributed by atoms with Gasteiger partial charge in [-0.1, -0.05) is 9.59 Å². The van der Waals surface area contributed by atoms with Crippen molar-refractivity contribution >= 4 is 28.3 Å². The molecule has 0 atom stereocenters. The van der Waals surface area contributed by atoms with Gasteiger partial charge >= 0.3 is 0 Å². The molecule has 2 rings (SSSR count). The zero-order valence-corrected chi connectivity index (χ0v) is 9.86. The van der Waals surface area contributed by atoms with E-state index in [1.54, 1.807) is 18.3 Å². The van der Waals surface area contributed by atoms with Crippen LogP contribution >= 0.6 is 11.5 Å². The molecule has 8 heteroatoms. The normalized spacial score (nSPS) is 9.94. The highest BCUT2D eigenvalue weighted by molar-refractivity contribution is 7.09. The lowest BCUT2D eigenvalue weighted by Crippen LogP contribution is -2.14. The lowest BCUT2D eigenvalue weighted by molar-refractivity contribution is 0.102. The number of hydrogen-bond acceptors (Lipinski definition) is 7. The molecular weight excluding hydrogens is 240 g/mol. The molecule has 2 N–H and O–H groups in total. The van der Waals surface area contributed by atoms with E-state index < -0.39 is 0 Å². The predicted molar refractivity (Wildman–Crippen MR) is 64.1 cm³/mol. The van der Waals surface area contributed by atoms with Crippen LogP contribution in [-0.4, -0.2) is 32.2 Å². The van der Waals surface area contributed by atoms with Crippen LogP contribution in [0.3, 0.4) is 0 Å². The lowest BCUT2D eigenvalue weighted by Gasteiger charge is -2.04. The summed E-state index contributed by atoms with van der Waals surface area (Å²) in [5.41, 5.74) is 1.17. The van der Waals surface area contributed by atoms with Crippen LogP contribution in [-0.2, 0) is 0 Å². The maximum atomic E-state index is 11.8. The molecule has 0 aliphatic carbocycles. The van der Waals surface area contributed by atoms with Crippen molar-refractivity contribution in [3.8, 4) is 0 Å². The Morgan fingerprint density at radius 2 is 2.41 bits per heavy atom. The number of rotatable bonds is 4. The van der Waals surface area contributed by atoms with Crippen molar-refractivity contribution in [3.63, 3.8) is 0 Å². The largest absolute Gasteiger partial charge is 0.385 e. The third kappa shape index (κ3) is 2.94. The number of carbonyl (C=O) groups is 1. The summed E-state index contributed by atoms with van der Waals surface area (Å²) >= 11 is 1.01. The van der Waals surface area contributed by atoms with Crippen LogP contribution < -0.4 is 10.6 Å². The maximum Gasteiger partial charge on any atom is 0.276 e. The van der Waals surface area contributed by atoms with Crippen LogP contribution in [0.2, 0.25) is 0 Å². The Morgan fingerprint density at radius 1 is 1.53 bits per heavy atom. The first-order valence-electron chi connectivity index (χ1n) is 4.96. The Morgan fingerprint density at radius 3 is 3.12 bits per heavy atom. The van der Waals surface area contributed by atoms with E-state index in [9.17, 15) is 4.79 Å². The fourth-order valence-corrected chi connectivity index (χ4v) is 1.57. The van der Waals surface area contributed by atoms with Gasteiger partial charge in [0.2, 0.25) is 5.13 Å². The smallest absolute Gasteiger partial charge is 0.276 e. The second-order valence-electron chi connectivity index (χ2n) is 3.08. The van der Waals surface area contributed by atoms with E-state index in [0.29, 0.717) is 10.8 Å². The van der Waals surface area contributed by atoms with Gasteiger partial charge in [-0.2, -0.15) is 0 Å². The molecule has 0 aromatic carbocycles. The van der Waals surface area contributed by atoms with Crippen LogP contribution in [0.5, 0.6) is 0 Å². The van der Waals surface area contributed by atoms with Gasteiger partial charge < -0.3 is 5.32 Å². The average molecular weight is 250 g/mol. The van der Waals surface area contributed by atoms with Gasteiger partial charge in [0, 0.05) is 30.0 Å². The molecule has 7 nitrogen and oxygen atoms in total. The summed E-state index contributed by atoms with van der Waals surface area (Å²) in [6.07, 6.45) is 1.57. The van der Waals surface area contributed by atoms with E-state index in [1.165, 1.54) is 0 Å². The Hall–Kier alpha value is -2.09. The molecule has 1 amide bonds. The van der Waals surface area contributed by atoms with Crippen molar-refractivity contribution in [3.05, 3.63) is 24.0 Å². The van der Waals surface area contributed by atoms with Crippen LogP contribution in [0.15, 0.2) is 18.3 Å². The Balaban J connectivity index is 2.11. The molecule has 2 aromatic rings. The van der Waals surface area contributed by atoms with Crippen molar-refractivity contribution in [1.82, 2.24) is 19.8 Å². The van der Waals surface area contributed by atoms with Crippen molar-refractivity contribution < 1.29 is 4.79 Å². The predicted octanol–water partition coefficient (Wildman–Crippen LogP) is 1.01. The molecule has 0 aliphatic heterocycles. The molecule has 88 valence electrons. The molecular formula is C9H10N6OS. The van der Waals surface area contributed by atoms with Gasteiger partial charge in [-0.05, 0) is 24.3 Å². The minimum absolute atomic E-state index is 0.318. The van der Waals surface area contributed by atoms with E-state index >= 15 is 0 Å². The highest BCUT2D eigenvalue weighted by Gasteiger charge is 2.10. The maximum absolute atomic E-state index is 11.8. The molecule has 0 saturated heterocycles. The molecule has 17 heavy (non-hydrogen) atoms.